The van der Waals surface area contributed by atoms with E-state index >= 15 is 0 Å². The minimum atomic E-state index is -3.51. The highest BCUT2D eigenvalue weighted by molar-refractivity contribution is 9.11. The summed E-state index contributed by atoms with van der Waals surface area (Å²) in [4.78, 5) is 0.297. The maximum absolute atomic E-state index is 12.6. The fourth-order valence-electron chi connectivity index (χ4n) is 2.94. The molecule has 0 amide bonds. The molecule has 0 aromatic heterocycles. The van der Waals surface area contributed by atoms with Gasteiger partial charge in [0, 0.05) is 15.0 Å². The second-order valence-corrected chi connectivity index (χ2v) is 9.55. The van der Waals surface area contributed by atoms with Gasteiger partial charge in [0.1, 0.15) is 0 Å². The van der Waals surface area contributed by atoms with Crippen molar-refractivity contribution in [2.75, 3.05) is 0 Å². The molecule has 1 aromatic rings. The largest absolute Gasteiger partial charge is 0.241 e. The van der Waals surface area contributed by atoms with Crippen LogP contribution in [-0.4, -0.2) is 14.5 Å². The quantitative estimate of drug-likeness (QED) is 0.747. The zero-order valence-corrected chi connectivity index (χ0v) is 16.5. The Balaban J connectivity index is 2.25. The number of benzene rings is 1. The van der Waals surface area contributed by atoms with Crippen LogP contribution in [0.4, 0.5) is 0 Å². The summed E-state index contributed by atoms with van der Waals surface area (Å²) in [5.74, 6) is 1.05. The second kappa shape index (κ2) is 6.69. The Kier molecular flexibility index (Phi) is 5.55. The van der Waals surface area contributed by atoms with Crippen molar-refractivity contribution in [3.8, 4) is 0 Å². The van der Waals surface area contributed by atoms with Gasteiger partial charge in [-0.05, 0) is 71.6 Å². The monoisotopic (exact) mass is 437 g/mol. The molecule has 1 aliphatic carbocycles. The van der Waals surface area contributed by atoms with Crippen molar-refractivity contribution in [1.29, 1.82) is 0 Å². The van der Waals surface area contributed by atoms with Crippen LogP contribution in [0.5, 0.6) is 0 Å². The van der Waals surface area contributed by atoms with E-state index in [1.165, 1.54) is 0 Å². The van der Waals surface area contributed by atoms with Crippen LogP contribution in [-0.2, 0) is 10.0 Å². The number of halogens is 2. The smallest absolute Gasteiger partial charge is 0.208 e. The van der Waals surface area contributed by atoms with Crippen molar-refractivity contribution in [1.82, 2.24) is 4.72 Å². The Bertz CT molecular complexity index is 631. The average molecular weight is 439 g/mol. The number of hydrogen-bond donors (Lipinski definition) is 1. The van der Waals surface area contributed by atoms with Crippen LogP contribution in [0.2, 0.25) is 0 Å². The van der Waals surface area contributed by atoms with Crippen LogP contribution >= 0.6 is 31.9 Å². The fraction of sp³-hybridized carbons (Fsp3) is 0.600. The van der Waals surface area contributed by atoms with Gasteiger partial charge in [0.05, 0.1) is 4.90 Å². The maximum atomic E-state index is 12.6. The van der Waals surface area contributed by atoms with E-state index in [1.807, 2.05) is 13.0 Å². The first-order valence-corrected chi connectivity index (χ1v) is 10.3. The van der Waals surface area contributed by atoms with E-state index in [-0.39, 0.29) is 6.04 Å². The van der Waals surface area contributed by atoms with E-state index in [0.29, 0.717) is 21.2 Å². The van der Waals surface area contributed by atoms with E-state index in [2.05, 4.69) is 50.4 Å². The topological polar surface area (TPSA) is 46.2 Å². The maximum Gasteiger partial charge on any atom is 0.241 e. The summed E-state index contributed by atoms with van der Waals surface area (Å²) in [5.41, 5.74) is 1.00. The normalized spacial score (nSPS) is 26.8. The van der Waals surface area contributed by atoms with Crippen LogP contribution in [0.25, 0.3) is 0 Å². The predicted octanol–water partition coefficient (Wildman–Crippen LogP) is 4.62. The lowest BCUT2D eigenvalue weighted by Gasteiger charge is -2.33. The van der Waals surface area contributed by atoms with Crippen molar-refractivity contribution < 1.29 is 8.42 Å². The Morgan fingerprint density at radius 3 is 2.43 bits per heavy atom. The minimum Gasteiger partial charge on any atom is -0.208 e. The van der Waals surface area contributed by atoms with Gasteiger partial charge in [0.15, 0.2) is 0 Å². The Morgan fingerprint density at radius 1 is 1.14 bits per heavy atom. The Labute approximate surface area is 144 Å². The number of rotatable bonds is 3. The molecule has 21 heavy (non-hydrogen) atoms. The molecule has 3 atom stereocenters. The molecule has 0 spiro atoms. The van der Waals surface area contributed by atoms with Gasteiger partial charge in [-0.1, -0.05) is 29.8 Å². The van der Waals surface area contributed by atoms with E-state index in [1.54, 1.807) is 6.07 Å². The summed E-state index contributed by atoms with van der Waals surface area (Å²) in [6.07, 6.45) is 3.06. The summed E-state index contributed by atoms with van der Waals surface area (Å²) in [7, 11) is -3.51. The van der Waals surface area contributed by atoms with E-state index in [9.17, 15) is 8.42 Å². The second-order valence-electron chi connectivity index (χ2n) is 6.16. The first kappa shape index (κ1) is 17.4. The molecule has 1 N–H and O–H groups in total. The molecule has 1 fully saturated rings. The number of sulfonamides is 1. The van der Waals surface area contributed by atoms with Crippen LogP contribution in [0.1, 0.15) is 38.7 Å². The summed E-state index contributed by atoms with van der Waals surface area (Å²) in [6, 6.07) is 3.52. The Morgan fingerprint density at radius 2 is 1.81 bits per heavy atom. The van der Waals surface area contributed by atoms with Gasteiger partial charge >= 0.3 is 0 Å². The summed E-state index contributed by atoms with van der Waals surface area (Å²) >= 11 is 6.77. The third-order valence-electron chi connectivity index (χ3n) is 4.24. The fourth-order valence-corrected chi connectivity index (χ4v) is 5.99. The molecule has 0 bridgehead atoms. The van der Waals surface area contributed by atoms with Gasteiger partial charge in [0.25, 0.3) is 0 Å². The van der Waals surface area contributed by atoms with Crippen molar-refractivity contribution >= 4 is 41.9 Å². The van der Waals surface area contributed by atoms with Gasteiger partial charge in [0.2, 0.25) is 10.0 Å². The average Bonchev–Trinajstić information content (AvgIpc) is 2.37. The molecule has 1 aromatic carbocycles. The molecule has 0 saturated heterocycles. The molecule has 0 radical (unpaired) electrons. The summed E-state index contributed by atoms with van der Waals surface area (Å²) in [6.45, 7) is 6.29. The number of aryl methyl sites for hydroxylation is 1. The van der Waals surface area contributed by atoms with Crippen molar-refractivity contribution in [3.05, 3.63) is 26.6 Å². The molecular formula is C15H21Br2NO2S. The molecular weight excluding hydrogens is 418 g/mol. The molecule has 3 unspecified atom stereocenters. The molecule has 0 aliphatic heterocycles. The highest BCUT2D eigenvalue weighted by atomic mass is 79.9. The minimum absolute atomic E-state index is 0.0261. The van der Waals surface area contributed by atoms with Crippen molar-refractivity contribution in [2.45, 2.75) is 51.0 Å². The third kappa shape index (κ3) is 4.09. The van der Waals surface area contributed by atoms with Gasteiger partial charge in [-0.2, -0.15) is 0 Å². The molecule has 0 heterocycles. The van der Waals surface area contributed by atoms with Crippen LogP contribution in [0.3, 0.4) is 0 Å². The number of hydrogen-bond acceptors (Lipinski definition) is 2. The zero-order chi connectivity index (χ0) is 15.8. The van der Waals surface area contributed by atoms with Crippen LogP contribution in [0.15, 0.2) is 26.0 Å². The molecule has 2 rings (SSSR count). The van der Waals surface area contributed by atoms with Gasteiger partial charge in [-0.25, -0.2) is 13.1 Å². The van der Waals surface area contributed by atoms with Gasteiger partial charge in [-0.3, -0.25) is 0 Å². The zero-order valence-electron chi connectivity index (χ0n) is 12.5. The first-order chi connectivity index (χ1) is 9.70. The van der Waals surface area contributed by atoms with Crippen LogP contribution < -0.4 is 4.72 Å². The first-order valence-electron chi connectivity index (χ1n) is 7.18. The van der Waals surface area contributed by atoms with Crippen molar-refractivity contribution in [2.24, 2.45) is 11.8 Å². The third-order valence-corrected chi connectivity index (χ3v) is 7.54. The molecule has 1 saturated carbocycles. The van der Waals surface area contributed by atoms with E-state index in [0.717, 1.165) is 29.3 Å². The lowest BCUT2D eigenvalue weighted by atomic mass is 9.80. The van der Waals surface area contributed by atoms with Crippen LogP contribution in [0, 0.1) is 18.8 Å². The Hall–Kier alpha value is 0.0900. The SMILES string of the molecule is Cc1cc(Br)c(S(=O)(=O)NC2CCC(C)CC2C)cc1Br. The summed E-state index contributed by atoms with van der Waals surface area (Å²) in [5, 5.41) is 0. The van der Waals surface area contributed by atoms with E-state index in [4.69, 9.17) is 0 Å². The lowest BCUT2D eigenvalue weighted by Crippen LogP contribution is -2.42. The molecule has 118 valence electrons. The molecule has 3 nitrogen and oxygen atoms in total. The predicted molar refractivity (Wildman–Crippen MR) is 92.9 cm³/mol. The highest BCUT2D eigenvalue weighted by Gasteiger charge is 2.30. The lowest BCUT2D eigenvalue weighted by molar-refractivity contribution is 0.249. The van der Waals surface area contributed by atoms with Gasteiger partial charge < -0.3 is 0 Å². The summed E-state index contributed by atoms with van der Waals surface area (Å²) < 4.78 is 29.6. The van der Waals surface area contributed by atoms with Crippen molar-refractivity contribution in [3.63, 3.8) is 0 Å². The van der Waals surface area contributed by atoms with Gasteiger partial charge in [-0.15, -0.1) is 0 Å². The molecule has 1 aliphatic rings. The standard InChI is InChI=1S/C15H21Br2NO2S/c1-9-4-5-14(11(3)6-9)18-21(19,20)15-8-12(16)10(2)7-13(15)17/h7-9,11,14,18H,4-6H2,1-3H3. The number of nitrogens with one attached hydrogen (secondary N) is 1. The molecule has 6 heteroatoms. The van der Waals surface area contributed by atoms with E-state index < -0.39 is 10.0 Å². The highest BCUT2D eigenvalue weighted by Crippen LogP contribution is 2.32.